The molecule has 1 N–H and O–H groups in total. The van der Waals surface area contributed by atoms with Gasteiger partial charge in [-0.05, 0) is 35.7 Å². The lowest BCUT2D eigenvalue weighted by molar-refractivity contribution is 0.618. The van der Waals surface area contributed by atoms with E-state index in [1.54, 1.807) is 6.07 Å². The highest BCUT2D eigenvalue weighted by atomic mass is 35.5. The molecule has 0 spiro atoms. The van der Waals surface area contributed by atoms with Gasteiger partial charge in [0.05, 0.1) is 0 Å². The van der Waals surface area contributed by atoms with Crippen LogP contribution >= 0.6 is 11.6 Å². The Morgan fingerprint density at radius 3 is 2.74 bits per heavy atom. The molecule has 0 aromatic heterocycles. The molecule has 1 nitrogen and oxygen atoms in total. The van der Waals surface area contributed by atoms with Gasteiger partial charge in [0.2, 0.25) is 0 Å². The highest BCUT2D eigenvalue weighted by Gasteiger charge is 2.37. The fourth-order valence-corrected chi connectivity index (χ4v) is 2.59. The number of halogens is 2. The first-order valence-corrected chi connectivity index (χ1v) is 6.84. The third-order valence-corrected chi connectivity index (χ3v) is 3.95. The molecule has 1 saturated carbocycles. The van der Waals surface area contributed by atoms with Crippen LogP contribution in [0.4, 0.5) is 4.39 Å². The molecule has 2 atom stereocenters. The number of nitrogens with one attached hydrogen (secondary N) is 1. The van der Waals surface area contributed by atoms with E-state index in [1.807, 2.05) is 6.07 Å². The van der Waals surface area contributed by atoms with E-state index in [1.165, 1.54) is 17.7 Å². The van der Waals surface area contributed by atoms with Gasteiger partial charge < -0.3 is 5.32 Å². The Hall–Kier alpha value is -1.38. The first kappa shape index (κ1) is 12.6. The molecule has 2 aromatic rings. The molecule has 19 heavy (non-hydrogen) atoms. The summed E-state index contributed by atoms with van der Waals surface area (Å²) in [4.78, 5) is 0. The van der Waals surface area contributed by atoms with E-state index in [0.717, 1.165) is 12.0 Å². The summed E-state index contributed by atoms with van der Waals surface area (Å²) < 4.78 is 13.1. The van der Waals surface area contributed by atoms with Gasteiger partial charge in [-0.25, -0.2) is 4.39 Å². The molecule has 2 unspecified atom stereocenters. The average Bonchev–Trinajstić information content (AvgIpc) is 3.20. The van der Waals surface area contributed by atoms with E-state index in [2.05, 4.69) is 29.6 Å². The maximum absolute atomic E-state index is 13.1. The van der Waals surface area contributed by atoms with E-state index in [0.29, 0.717) is 23.5 Å². The van der Waals surface area contributed by atoms with Crippen LogP contribution in [0, 0.1) is 5.82 Å². The summed E-state index contributed by atoms with van der Waals surface area (Å²) in [6, 6.07) is 15.4. The van der Waals surface area contributed by atoms with Crippen molar-refractivity contribution in [1.29, 1.82) is 0 Å². The van der Waals surface area contributed by atoms with Crippen molar-refractivity contribution < 1.29 is 4.39 Å². The molecule has 0 aliphatic heterocycles. The fraction of sp³-hybridized carbons (Fsp3) is 0.250. The van der Waals surface area contributed by atoms with Crippen LogP contribution in [-0.4, -0.2) is 6.04 Å². The van der Waals surface area contributed by atoms with E-state index in [-0.39, 0.29) is 5.82 Å². The monoisotopic (exact) mass is 275 g/mol. The topological polar surface area (TPSA) is 12.0 Å². The molecule has 0 amide bonds. The van der Waals surface area contributed by atoms with Gasteiger partial charge in [-0.3, -0.25) is 0 Å². The summed E-state index contributed by atoms with van der Waals surface area (Å²) in [6.45, 7) is 0.616. The highest BCUT2D eigenvalue weighted by molar-refractivity contribution is 6.31. The lowest BCUT2D eigenvalue weighted by atomic mass is 10.1. The van der Waals surface area contributed by atoms with Crippen molar-refractivity contribution in [3.05, 3.63) is 70.5 Å². The van der Waals surface area contributed by atoms with Crippen LogP contribution in [0.5, 0.6) is 0 Å². The van der Waals surface area contributed by atoms with Gasteiger partial charge in [-0.1, -0.05) is 41.9 Å². The Morgan fingerprint density at radius 2 is 1.95 bits per heavy atom. The number of rotatable bonds is 4. The van der Waals surface area contributed by atoms with Gasteiger partial charge in [-0.2, -0.15) is 0 Å². The second kappa shape index (κ2) is 5.32. The largest absolute Gasteiger partial charge is 0.309 e. The maximum Gasteiger partial charge on any atom is 0.123 e. The Balaban J connectivity index is 1.59. The minimum absolute atomic E-state index is 0.239. The van der Waals surface area contributed by atoms with Gasteiger partial charge in [-0.15, -0.1) is 0 Å². The standard InChI is InChI=1S/C16H15ClFN/c17-15-7-6-13(18)8-12(15)10-19-16-9-14(16)11-4-2-1-3-5-11/h1-8,14,16,19H,9-10H2. The molecule has 0 radical (unpaired) electrons. The van der Waals surface area contributed by atoms with Crippen LogP contribution in [0.2, 0.25) is 5.02 Å². The van der Waals surface area contributed by atoms with Crippen molar-refractivity contribution in [3.8, 4) is 0 Å². The van der Waals surface area contributed by atoms with E-state index >= 15 is 0 Å². The summed E-state index contributed by atoms with van der Waals surface area (Å²) in [7, 11) is 0. The molecule has 2 aromatic carbocycles. The molecule has 3 heteroatoms. The Morgan fingerprint density at radius 1 is 1.16 bits per heavy atom. The van der Waals surface area contributed by atoms with Crippen molar-refractivity contribution in [3.63, 3.8) is 0 Å². The third-order valence-electron chi connectivity index (χ3n) is 3.58. The van der Waals surface area contributed by atoms with E-state index in [4.69, 9.17) is 11.6 Å². The second-order valence-electron chi connectivity index (χ2n) is 4.98. The second-order valence-corrected chi connectivity index (χ2v) is 5.38. The zero-order chi connectivity index (χ0) is 13.2. The Bertz CT molecular complexity index is 570. The molecule has 0 saturated heterocycles. The van der Waals surface area contributed by atoms with Crippen LogP contribution in [0.3, 0.4) is 0 Å². The summed E-state index contributed by atoms with van der Waals surface area (Å²) >= 11 is 6.05. The van der Waals surface area contributed by atoms with Gasteiger partial charge in [0.1, 0.15) is 5.82 Å². The molecule has 1 aliphatic rings. The first-order chi connectivity index (χ1) is 9.24. The van der Waals surface area contributed by atoms with Crippen molar-refractivity contribution >= 4 is 11.6 Å². The summed E-state index contributed by atoms with van der Waals surface area (Å²) in [6.07, 6.45) is 1.14. The smallest absolute Gasteiger partial charge is 0.123 e. The van der Waals surface area contributed by atoms with Crippen LogP contribution < -0.4 is 5.32 Å². The lowest BCUT2D eigenvalue weighted by Gasteiger charge is -2.07. The molecule has 1 fully saturated rings. The minimum Gasteiger partial charge on any atom is -0.309 e. The minimum atomic E-state index is -0.239. The summed E-state index contributed by atoms with van der Waals surface area (Å²) in [5, 5.41) is 4.05. The van der Waals surface area contributed by atoms with Crippen molar-refractivity contribution in [2.45, 2.75) is 24.9 Å². The maximum atomic E-state index is 13.1. The van der Waals surface area contributed by atoms with Crippen LogP contribution in [0.25, 0.3) is 0 Å². The van der Waals surface area contributed by atoms with Crippen molar-refractivity contribution in [1.82, 2.24) is 5.32 Å². The molecule has 98 valence electrons. The zero-order valence-corrected chi connectivity index (χ0v) is 11.2. The zero-order valence-electron chi connectivity index (χ0n) is 10.4. The normalized spacial score (nSPS) is 21.4. The summed E-state index contributed by atoms with van der Waals surface area (Å²) in [5.41, 5.74) is 2.19. The average molecular weight is 276 g/mol. The van der Waals surface area contributed by atoms with Crippen LogP contribution in [-0.2, 0) is 6.54 Å². The number of hydrogen-bond donors (Lipinski definition) is 1. The SMILES string of the molecule is Fc1ccc(Cl)c(CNC2CC2c2ccccc2)c1. The molecular weight excluding hydrogens is 261 g/mol. The molecule has 0 heterocycles. The Kier molecular flexibility index (Phi) is 3.54. The first-order valence-electron chi connectivity index (χ1n) is 6.46. The van der Waals surface area contributed by atoms with E-state index in [9.17, 15) is 4.39 Å². The quantitative estimate of drug-likeness (QED) is 0.885. The lowest BCUT2D eigenvalue weighted by Crippen LogP contribution is -2.17. The predicted octanol–water partition coefficient (Wildman–Crippen LogP) is 4.12. The highest BCUT2D eigenvalue weighted by Crippen LogP contribution is 2.40. The van der Waals surface area contributed by atoms with Gasteiger partial charge in [0.15, 0.2) is 0 Å². The van der Waals surface area contributed by atoms with Crippen molar-refractivity contribution in [2.75, 3.05) is 0 Å². The third kappa shape index (κ3) is 2.96. The number of benzene rings is 2. The molecule has 0 bridgehead atoms. The predicted molar refractivity (Wildman–Crippen MR) is 75.8 cm³/mol. The Labute approximate surface area is 117 Å². The van der Waals surface area contributed by atoms with Crippen molar-refractivity contribution in [2.24, 2.45) is 0 Å². The van der Waals surface area contributed by atoms with Gasteiger partial charge in [0, 0.05) is 23.5 Å². The van der Waals surface area contributed by atoms with Crippen LogP contribution in [0.1, 0.15) is 23.5 Å². The van der Waals surface area contributed by atoms with E-state index < -0.39 is 0 Å². The molecular formula is C16H15ClFN. The molecule has 1 aliphatic carbocycles. The van der Waals surface area contributed by atoms with Crippen LogP contribution in [0.15, 0.2) is 48.5 Å². The van der Waals surface area contributed by atoms with Gasteiger partial charge >= 0.3 is 0 Å². The van der Waals surface area contributed by atoms with Gasteiger partial charge in [0.25, 0.3) is 0 Å². The summed E-state index contributed by atoms with van der Waals surface area (Å²) in [5.74, 6) is 0.338. The fourth-order valence-electron chi connectivity index (χ4n) is 2.41. The molecule has 3 rings (SSSR count). The number of hydrogen-bond acceptors (Lipinski definition) is 1.